The third-order valence-corrected chi connectivity index (χ3v) is 7.95. The van der Waals surface area contributed by atoms with Gasteiger partial charge in [0.25, 0.3) is 11.8 Å². The average molecular weight is 552 g/mol. The standard InChI is InChI=1S/C28H26FN3O8/c1-32(2)20-14-9-12-8-13-15(29)10-16(31-27(39)11-6-4-3-5-7-11)21(33)18(13)22(34)17(12)24(36)28(14,40)25(37)19(23(20)35)26(30)38/h3-7,10,12,14,20,33,35-36,40H,8-9H2,1-2H3,(H2,30,38)(H,31,39)/t12-,14-,20-,28-/m0/s1. The van der Waals surface area contributed by atoms with Crippen molar-refractivity contribution in [3.05, 3.63) is 81.6 Å². The van der Waals surface area contributed by atoms with E-state index >= 15 is 4.39 Å². The number of carbonyl (C=O) groups is 4. The first-order chi connectivity index (χ1) is 18.8. The fourth-order valence-electron chi connectivity index (χ4n) is 6.15. The largest absolute Gasteiger partial charge is 0.510 e. The van der Waals surface area contributed by atoms with E-state index in [1.807, 2.05) is 0 Å². The molecule has 5 rings (SSSR count). The van der Waals surface area contributed by atoms with E-state index in [4.69, 9.17) is 5.73 Å². The van der Waals surface area contributed by atoms with E-state index in [1.54, 1.807) is 18.2 Å². The van der Waals surface area contributed by atoms with Gasteiger partial charge in [-0.1, -0.05) is 18.2 Å². The second kappa shape index (κ2) is 9.28. The van der Waals surface area contributed by atoms with Crippen LogP contribution in [-0.4, -0.2) is 74.4 Å². The van der Waals surface area contributed by atoms with Crippen LogP contribution >= 0.6 is 0 Å². The third kappa shape index (κ3) is 3.71. The van der Waals surface area contributed by atoms with Crippen LogP contribution in [-0.2, 0) is 16.0 Å². The molecule has 0 spiro atoms. The van der Waals surface area contributed by atoms with Gasteiger partial charge in [-0.2, -0.15) is 0 Å². The van der Waals surface area contributed by atoms with E-state index in [0.717, 1.165) is 6.07 Å². The highest BCUT2D eigenvalue weighted by molar-refractivity contribution is 6.25. The minimum atomic E-state index is -2.81. The lowest BCUT2D eigenvalue weighted by atomic mass is 9.58. The van der Waals surface area contributed by atoms with Gasteiger partial charge in [-0.25, -0.2) is 4.39 Å². The van der Waals surface area contributed by atoms with E-state index in [9.17, 15) is 39.6 Å². The summed E-state index contributed by atoms with van der Waals surface area (Å²) in [5.41, 5.74) is 0.257. The second-order valence-corrected chi connectivity index (χ2v) is 10.4. The fraction of sp³-hybridized carbons (Fsp3) is 0.286. The molecule has 0 heterocycles. The molecule has 2 amide bonds. The number of amides is 2. The highest BCUT2D eigenvalue weighted by atomic mass is 19.1. The van der Waals surface area contributed by atoms with Gasteiger partial charge in [0.1, 0.15) is 22.9 Å². The maximum absolute atomic E-state index is 15.4. The number of Topliss-reactive ketones (excluding diaryl/α,β-unsaturated/α-hetero) is 2. The number of nitrogens with one attached hydrogen (secondary N) is 1. The van der Waals surface area contributed by atoms with Crippen molar-refractivity contribution in [2.75, 3.05) is 19.4 Å². The molecule has 208 valence electrons. The van der Waals surface area contributed by atoms with Crippen LogP contribution in [0.1, 0.15) is 32.7 Å². The van der Waals surface area contributed by atoms with Gasteiger partial charge < -0.3 is 31.5 Å². The number of hydrogen-bond donors (Lipinski definition) is 6. The Morgan fingerprint density at radius 2 is 1.77 bits per heavy atom. The van der Waals surface area contributed by atoms with Crippen LogP contribution in [0.5, 0.6) is 5.75 Å². The van der Waals surface area contributed by atoms with Crippen molar-refractivity contribution in [1.29, 1.82) is 0 Å². The normalized spacial score (nSPS) is 25.9. The smallest absolute Gasteiger partial charge is 0.255 e. The molecule has 0 saturated heterocycles. The predicted octanol–water partition coefficient (Wildman–Crippen LogP) is 1.51. The fourth-order valence-corrected chi connectivity index (χ4v) is 6.15. The zero-order valence-electron chi connectivity index (χ0n) is 21.4. The maximum Gasteiger partial charge on any atom is 0.255 e. The summed E-state index contributed by atoms with van der Waals surface area (Å²) in [5.74, 6) is -9.99. The molecule has 0 unspecified atom stereocenters. The van der Waals surface area contributed by atoms with Crippen LogP contribution in [0.4, 0.5) is 10.1 Å². The number of halogens is 1. The molecule has 0 fully saturated rings. The molecule has 3 aliphatic carbocycles. The molecule has 0 bridgehead atoms. The molecule has 11 nitrogen and oxygen atoms in total. The number of anilines is 1. The minimum absolute atomic E-state index is 0.168. The molecular weight excluding hydrogens is 525 g/mol. The number of benzene rings is 2. The number of allylic oxidation sites excluding steroid dienone is 1. The lowest BCUT2D eigenvalue weighted by Gasteiger charge is -2.50. The predicted molar refractivity (Wildman–Crippen MR) is 138 cm³/mol. The highest BCUT2D eigenvalue weighted by Gasteiger charge is 2.63. The van der Waals surface area contributed by atoms with Crippen molar-refractivity contribution >= 4 is 29.1 Å². The molecule has 40 heavy (non-hydrogen) atoms. The quantitative estimate of drug-likeness (QED) is 0.242. The Balaban J connectivity index is 1.64. The number of rotatable bonds is 4. The van der Waals surface area contributed by atoms with Crippen LogP contribution in [0, 0.1) is 17.7 Å². The van der Waals surface area contributed by atoms with Crippen molar-refractivity contribution in [2.45, 2.75) is 24.5 Å². The van der Waals surface area contributed by atoms with E-state index < -0.39 is 92.3 Å². The number of nitrogens with zero attached hydrogens (tertiary/aromatic N) is 1. The molecule has 4 atom stereocenters. The number of nitrogens with two attached hydrogens (primary N) is 1. The summed E-state index contributed by atoms with van der Waals surface area (Å²) in [6.45, 7) is 0. The first kappa shape index (κ1) is 27.0. The Morgan fingerprint density at radius 3 is 2.38 bits per heavy atom. The summed E-state index contributed by atoms with van der Waals surface area (Å²) in [5, 5.41) is 47.0. The summed E-state index contributed by atoms with van der Waals surface area (Å²) in [6, 6.07) is 7.62. The van der Waals surface area contributed by atoms with Crippen LogP contribution in [0.25, 0.3) is 0 Å². The Kier molecular flexibility index (Phi) is 6.27. The maximum atomic E-state index is 15.4. The Bertz CT molecular complexity index is 1560. The number of aromatic hydroxyl groups is 1. The highest BCUT2D eigenvalue weighted by Crippen LogP contribution is 2.53. The van der Waals surface area contributed by atoms with Gasteiger partial charge in [0.2, 0.25) is 5.78 Å². The number of likely N-dealkylation sites (N-methyl/N-ethyl adjacent to an activating group) is 1. The SMILES string of the molecule is CN(C)[C@@H]1C(O)=C(C(N)=O)C(=O)[C@@]2(O)C(O)=C3C(=O)c4c(O)c(NC(=O)c5ccccc5)cc(F)c4C[C@H]3C[C@@H]12. The Hall–Kier alpha value is -4.55. The number of aliphatic hydroxyl groups is 3. The van der Waals surface area contributed by atoms with Crippen LogP contribution < -0.4 is 11.1 Å². The van der Waals surface area contributed by atoms with Crippen LogP contribution in [0.2, 0.25) is 0 Å². The molecular formula is C28H26FN3O8. The second-order valence-electron chi connectivity index (χ2n) is 10.4. The first-order valence-corrected chi connectivity index (χ1v) is 12.4. The van der Waals surface area contributed by atoms with Gasteiger partial charge in [0.05, 0.1) is 17.3 Å². The minimum Gasteiger partial charge on any atom is -0.510 e. The van der Waals surface area contributed by atoms with Crippen LogP contribution in [0.3, 0.4) is 0 Å². The van der Waals surface area contributed by atoms with E-state index in [1.165, 1.54) is 31.1 Å². The molecule has 0 radical (unpaired) electrons. The van der Waals surface area contributed by atoms with Crippen molar-refractivity contribution < 1.29 is 44.0 Å². The number of hydrogen-bond acceptors (Lipinski definition) is 9. The molecule has 2 aromatic rings. The third-order valence-electron chi connectivity index (χ3n) is 7.95. The van der Waals surface area contributed by atoms with E-state index in [0.29, 0.717) is 0 Å². The number of phenolic OH excluding ortho intramolecular Hbond substituents is 1. The van der Waals surface area contributed by atoms with Gasteiger partial charge in [0, 0.05) is 28.7 Å². The monoisotopic (exact) mass is 551 g/mol. The molecule has 2 aromatic carbocycles. The lowest BCUT2D eigenvalue weighted by molar-refractivity contribution is -0.148. The molecule has 0 aromatic heterocycles. The zero-order chi connectivity index (χ0) is 29.3. The number of primary amides is 1. The van der Waals surface area contributed by atoms with Crippen molar-refractivity contribution in [1.82, 2.24) is 4.90 Å². The number of aliphatic hydroxyl groups excluding tert-OH is 2. The number of ketones is 2. The summed E-state index contributed by atoms with van der Waals surface area (Å²) >= 11 is 0. The molecule has 12 heteroatoms. The van der Waals surface area contributed by atoms with Crippen LogP contribution in [0.15, 0.2) is 59.1 Å². The number of fused-ring (bicyclic) bond motifs is 3. The number of carbonyl (C=O) groups excluding carboxylic acids is 4. The topological polar surface area (TPSA) is 190 Å². The summed E-state index contributed by atoms with van der Waals surface area (Å²) in [7, 11) is 3.02. The van der Waals surface area contributed by atoms with Gasteiger partial charge >= 0.3 is 0 Å². The van der Waals surface area contributed by atoms with Gasteiger partial charge in [-0.3, -0.25) is 24.1 Å². The van der Waals surface area contributed by atoms with Crippen molar-refractivity contribution in [3.63, 3.8) is 0 Å². The van der Waals surface area contributed by atoms with E-state index in [-0.39, 0.29) is 24.0 Å². The summed E-state index contributed by atoms with van der Waals surface area (Å²) in [4.78, 5) is 53.2. The molecule has 0 saturated carbocycles. The molecule has 0 aliphatic heterocycles. The van der Waals surface area contributed by atoms with Gasteiger partial charge in [-0.15, -0.1) is 0 Å². The zero-order valence-corrected chi connectivity index (χ0v) is 21.4. The Morgan fingerprint density at radius 1 is 1.12 bits per heavy atom. The molecule has 7 N–H and O–H groups in total. The van der Waals surface area contributed by atoms with Gasteiger partial charge in [0.15, 0.2) is 17.1 Å². The average Bonchev–Trinajstić information content (AvgIpc) is 2.89. The molecule has 3 aliphatic rings. The summed E-state index contributed by atoms with van der Waals surface area (Å²) < 4.78 is 15.4. The Labute approximate surface area is 227 Å². The van der Waals surface area contributed by atoms with E-state index in [2.05, 4.69) is 5.32 Å². The van der Waals surface area contributed by atoms with Crippen molar-refractivity contribution in [3.8, 4) is 5.75 Å². The first-order valence-electron chi connectivity index (χ1n) is 12.4. The van der Waals surface area contributed by atoms with Crippen molar-refractivity contribution in [2.24, 2.45) is 17.6 Å². The number of phenols is 1. The summed E-state index contributed by atoms with van der Waals surface area (Å²) in [6.07, 6.45) is -0.376. The van der Waals surface area contributed by atoms with Gasteiger partial charge in [-0.05, 0) is 45.0 Å². The lowest BCUT2D eigenvalue weighted by Crippen LogP contribution is -2.63.